The second kappa shape index (κ2) is 11.0. The predicted octanol–water partition coefficient (Wildman–Crippen LogP) is 4.94. The summed E-state index contributed by atoms with van der Waals surface area (Å²) in [6, 6.07) is 12.6. The standard InChI is InChI=1S/C22H25Cl3N2O3S/c23-18-8-6-16(7-9-18)3-2-12-26-22(28)17-10-13-27(14-11-17)31(29,30)15-19-20(24)4-1-5-21(19)25/h1,4-9,17H,2-3,10-15H2,(H,26,28). The molecule has 0 aliphatic carbocycles. The van der Waals surface area contributed by atoms with Crippen molar-refractivity contribution in [2.24, 2.45) is 5.92 Å². The van der Waals surface area contributed by atoms with Gasteiger partial charge >= 0.3 is 0 Å². The van der Waals surface area contributed by atoms with Gasteiger partial charge in [0, 0.05) is 46.2 Å². The lowest BCUT2D eigenvalue weighted by Crippen LogP contribution is -2.43. The van der Waals surface area contributed by atoms with E-state index in [1.165, 1.54) is 9.87 Å². The van der Waals surface area contributed by atoms with Crippen LogP contribution >= 0.6 is 34.8 Å². The van der Waals surface area contributed by atoms with Crippen LogP contribution in [0.4, 0.5) is 0 Å². The van der Waals surface area contributed by atoms with Gasteiger partial charge in [0.05, 0.1) is 5.75 Å². The predicted molar refractivity (Wildman–Crippen MR) is 126 cm³/mol. The molecule has 0 atom stereocenters. The van der Waals surface area contributed by atoms with Crippen LogP contribution in [0, 0.1) is 5.92 Å². The minimum absolute atomic E-state index is 0.0118. The molecule has 0 unspecified atom stereocenters. The van der Waals surface area contributed by atoms with Gasteiger partial charge in [0.15, 0.2) is 0 Å². The number of aryl methyl sites for hydroxylation is 1. The van der Waals surface area contributed by atoms with Gasteiger partial charge in [-0.05, 0) is 55.5 Å². The third-order valence-electron chi connectivity index (χ3n) is 5.46. The first-order valence-corrected chi connectivity index (χ1v) is 12.9. The molecule has 2 aromatic carbocycles. The van der Waals surface area contributed by atoms with Crippen LogP contribution in [-0.2, 0) is 27.0 Å². The number of sulfonamides is 1. The summed E-state index contributed by atoms with van der Waals surface area (Å²) >= 11 is 18.1. The maximum Gasteiger partial charge on any atom is 0.223 e. The zero-order valence-electron chi connectivity index (χ0n) is 17.0. The van der Waals surface area contributed by atoms with Gasteiger partial charge in [-0.3, -0.25) is 4.79 Å². The fourth-order valence-corrected chi connectivity index (χ4v) is 6.08. The number of nitrogens with zero attached hydrogens (tertiary/aromatic N) is 1. The summed E-state index contributed by atoms with van der Waals surface area (Å²) in [5, 5.41) is 4.36. The van der Waals surface area contributed by atoms with Crippen molar-refractivity contribution in [1.82, 2.24) is 9.62 Å². The Balaban J connectivity index is 1.44. The quantitative estimate of drug-likeness (QED) is 0.519. The van der Waals surface area contributed by atoms with Gasteiger partial charge in [0.25, 0.3) is 0 Å². The number of hydrogen-bond donors (Lipinski definition) is 1. The van der Waals surface area contributed by atoms with E-state index in [4.69, 9.17) is 34.8 Å². The van der Waals surface area contributed by atoms with E-state index < -0.39 is 10.0 Å². The van der Waals surface area contributed by atoms with Gasteiger partial charge in [-0.15, -0.1) is 0 Å². The molecule has 3 rings (SSSR count). The van der Waals surface area contributed by atoms with E-state index in [0.29, 0.717) is 53.1 Å². The Labute approximate surface area is 198 Å². The Morgan fingerprint density at radius 1 is 1.00 bits per heavy atom. The van der Waals surface area contributed by atoms with E-state index in [2.05, 4.69) is 5.32 Å². The van der Waals surface area contributed by atoms with Crippen molar-refractivity contribution >= 4 is 50.7 Å². The lowest BCUT2D eigenvalue weighted by molar-refractivity contribution is -0.126. The second-order valence-electron chi connectivity index (χ2n) is 7.65. The molecule has 168 valence electrons. The molecule has 9 heteroatoms. The number of halogens is 3. The fourth-order valence-electron chi connectivity index (χ4n) is 3.64. The lowest BCUT2D eigenvalue weighted by Gasteiger charge is -2.30. The fraction of sp³-hybridized carbons (Fsp3) is 0.409. The summed E-state index contributed by atoms with van der Waals surface area (Å²) in [4.78, 5) is 12.5. The van der Waals surface area contributed by atoms with Crippen molar-refractivity contribution < 1.29 is 13.2 Å². The molecule has 31 heavy (non-hydrogen) atoms. The van der Waals surface area contributed by atoms with Crippen LogP contribution < -0.4 is 5.32 Å². The van der Waals surface area contributed by atoms with Crippen LogP contribution in [-0.4, -0.2) is 38.3 Å². The average Bonchev–Trinajstić information content (AvgIpc) is 2.75. The summed E-state index contributed by atoms with van der Waals surface area (Å²) in [5.74, 6) is -0.430. The Morgan fingerprint density at radius 2 is 1.61 bits per heavy atom. The lowest BCUT2D eigenvalue weighted by atomic mass is 9.97. The van der Waals surface area contributed by atoms with Crippen LogP contribution in [0.25, 0.3) is 0 Å². The SMILES string of the molecule is O=C(NCCCc1ccc(Cl)cc1)C1CCN(S(=O)(=O)Cc2c(Cl)cccc2Cl)CC1. The topological polar surface area (TPSA) is 66.5 Å². The number of carbonyl (C=O) groups excluding carboxylic acids is 1. The van der Waals surface area contributed by atoms with E-state index in [-0.39, 0.29) is 17.6 Å². The van der Waals surface area contributed by atoms with E-state index in [1.54, 1.807) is 18.2 Å². The van der Waals surface area contributed by atoms with Crippen LogP contribution in [0.3, 0.4) is 0 Å². The summed E-state index contributed by atoms with van der Waals surface area (Å²) in [7, 11) is -3.56. The first-order chi connectivity index (χ1) is 14.8. The molecular formula is C22H25Cl3N2O3S. The normalized spacial score (nSPS) is 15.7. The van der Waals surface area contributed by atoms with Gasteiger partial charge in [-0.1, -0.05) is 53.0 Å². The van der Waals surface area contributed by atoms with Crippen LogP contribution in [0.2, 0.25) is 15.1 Å². The Morgan fingerprint density at radius 3 is 2.23 bits per heavy atom. The molecule has 1 heterocycles. The highest BCUT2D eigenvalue weighted by Gasteiger charge is 2.31. The van der Waals surface area contributed by atoms with Gasteiger partial charge in [0.2, 0.25) is 15.9 Å². The number of benzene rings is 2. The average molecular weight is 504 g/mol. The van der Waals surface area contributed by atoms with Gasteiger partial charge in [-0.2, -0.15) is 0 Å². The third kappa shape index (κ3) is 6.83. The summed E-state index contributed by atoms with van der Waals surface area (Å²) in [5.41, 5.74) is 1.59. The maximum atomic E-state index is 12.8. The Kier molecular flexibility index (Phi) is 8.65. The number of nitrogens with one attached hydrogen (secondary N) is 1. The highest BCUT2D eigenvalue weighted by Crippen LogP contribution is 2.29. The first kappa shape index (κ1) is 24.3. The molecule has 1 fully saturated rings. The van der Waals surface area contributed by atoms with Crippen molar-refractivity contribution in [2.75, 3.05) is 19.6 Å². The van der Waals surface area contributed by atoms with E-state index in [1.807, 2.05) is 24.3 Å². The van der Waals surface area contributed by atoms with Crippen molar-refractivity contribution in [3.05, 3.63) is 68.7 Å². The summed E-state index contributed by atoms with van der Waals surface area (Å²) in [6.45, 7) is 1.21. The zero-order chi connectivity index (χ0) is 22.4. The molecule has 0 saturated carbocycles. The zero-order valence-corrected chi connectivity index (χ0v) is 20.1. The van der Waals surface area contributed by atoms with E-state index in [9.17, 15) is 13.2 Å². The molecule has 1 aliphatic heterocycles. The Hall–Kier alpha value is -1.31. The molecule has 5 nitrogen and oxygen atoms in total. The molecule has 2 aromatic rings. The molecule has 1 amide bonds. The molecule has 0 bridgehead atoms. The van der Waals surface area contributed by atoms with Crippen molar-refractivity contribution in [3.63, 3.8) is 0 Å². The van der Waals surface area contributed by atoms with Gasteiger partial charge in [-0.25, -0.2) is 12.7 Å². The number of carbonyl (C=O) groups is 1. The minimum atomic E-state index is -3.56. The van der Waals surface area contributed by atoms with Gasteiger partial charge in [0.1, 0.15) is 0 Å². The van der Waals surface area contributed by atoms with E-state index in [0.717, 1.165) is 12.8 Å². The number of piperidine rings is 1. The minimum Gasteiger partial charge on any atom is -0.356 e. The largest absolute Gasteiger partial charge is 0.356 e. The molecule has 1 saturated heterocycles. The first-order valence-electron chi connectivity index (χ1n) is 10.2. The summed E-state index contributed by atoms with van der Waals surface area (Å²) in [6.07, 6.45) is 2.69. The molecule has 0 radical (unpaired) electrons. The number of amides is 1. The highest BCUT2D eigenvalue weighted by molar-refractivity contribution is 7.88. The van der Waals surface area contributed by atoms with E-state index >= 15 is 0 Å². The molecule has 1 aliphatic rings. The van der Waals surface area contributed by atoms with Crippen LogP contribution in [0.15, 0.2) is 42.5 Å². The smallest absolute Gasteiger partial charge is 0.223 e. The molecule has 0 aromatic heterocycles. The molecular weight excluding hydrogens is 479 g/mol. The summed E-state index contributed by atoms with van der Waals surface area (Å²) < 4.78 is 27.0. The monoisotopic (exact) mass is 502 g/mol. The highest BCUT2D eigenvalue weighted by atomic mass is 35.5. The maximum absolute atomic E-state index is 12.8. The van der Waals surface area contributed by atoms with Gasteiger partial charge < -0.3 is 5.32 Å². The van der Waals surface area contributed by atoms with Crippen LogP contribution in [0.5, 0.6) is 0 Å². The van der Waals surface area contributed by atoms with Crippen molar-refractivity contribution in [1.29, 1.82) is 0 Å². The number of rotatable bonds is 8. The molecule has 0 spiro atoms. The second-order valence-corrected chi connectivity index (χ2v) is 10.9. The van der Waals surface area contributed by atoms with Crippen molar-refractivity contribution in [2.45, 2.75) is 31.4 Å². The molecule has 1 N–H and O–H groups in total. The third-order valence-corrected chi connectivity index (χ3v) is 8.23. The Bertz CT molecular complexity index is 985. The number of hydrogen-bond acceptors (Lipinski definition) is 3. The van der Waals surface area contributed by atoms with Crippen molar-refractivity contribution in [3.8, 4) is 0 Å². The van der Waals surface area contributed by atoms with Crippen LogP contribution in [0.1, 0.15) is 30.4 Å².